The maximum atomic E-state index is 13.8. The number of aromatic nitrogens is 1. The highest BCUT2D eigenvalue weighted by molar-refractivity contribution is 7.17. The van der Waals surface area contributed by atoms with Crippen molar-refractivity contribution in [3.63, 3.8) is 0 Å². The van der Waals surface area contributed by atoms with Crippen LogP contribution in [0.1, 0.15) is 51.9 Å². The van der Waals surface area contributed by atoms with E-state index in [4.69, 9.17) is 9.47 Å². The molecule has 0 spiro atoms. The van der Waals surface area contributed by atoms with E-state index in [-0.39, 0.29) is 27.9 Å². The molecule has 192 valence electrons. The van der Waals surface area contributed by atoms with Gasteiger partial charge in [0.2, 0.25) is 0 Å². The van der Waals surface area contributed by atoms with Crippen LogP contribution in [0.3, 0.4) is 0 Å². The first kappa shape index (κ1) is 26.0. The van der Waals surface area contributed by atoms with Crippen molar-refractivity contribution in [1.29, 1.82) is 0 Å². The summed E-state index contributed by atoms with van der Waals surface area (Å²) >= 11 is 0.905. The summed E-state index contributed by atoms with van der Waals surface area (Å²) in [7, 11) is 0. The van der Waals surface area contributed by atoms with Gasteiger partial charge in [-0.1, -0.05) is 23.5 Å². The fraction of sp³-hybridized carbons (Fsp3) is 0.259. The van der Waals surface area contributed by atoms with Crippen LogP contribution in [-0.2, 0) is 14.3 Å². The minimum atomic E-state index is -1.10. The van der Waals surface area contributed by atoms with Crippen molar-refractivity contribution < 1.29 is 33.4 Å². The van der Waals surface area contributed by atoms with Gasteiger partial charge in [-0.2, -0.15) is 0 Å². The Morgan fingerprint density at radius 2 is 1.81 bits per heavy atom. The molecule has 0 radical (unpaired) electrons. The minimum absolute atomic E-state index is 0.0828. The topological polar surface area (TPSA) is 106 Å². The van der Waals surface area contributed by atoms with Gasteiger partial charge in [-0.15, -0.1) is 0 Å². The number of esters is 1. The Bertz CT molecular complexity index is 1410. The summed E-state index contributed by atoms with van der Waals surface area (Å²) < 4.78 is 24.3. The predicted molar refractivity (Wildman–Crippen MR) is 136 cm³/mol. The number of benzene rings is 2. The van der Waals surface area contributed by atoms with E-state index >= 15 is 0 Å². The van der Waals surface area contributed by atoms with Crippen LogP contribution >= 0.6 is 11.3 Å². The van der Waals surface area contributed by atoms with Crippen LogP contribution < -0.4 is 9.64 Å². The Morgan fingerprint density at radius 3 is 2.43 bits per heavy atom. The van der Waals surface area contributed by atoms with Crippen molar-refractivity contribution >= 4 is 39.9 Å². The molecule has 1 amide bonds. The van der Waals surface area contributed by atoms with Gasteiger partial charge in [0.15, 0.2) is 5.13 Å². The van der Waals surface area contributed by atoms with E-state index in [1.165, 1.54) is 24.3 Å². The molecule has 1 fully saturated rings. The van der Waals surface area contributed by atoms with Crippen LogP contribution in [0.5, 0.6) is 5.75 Å². The molecule has 1 N–H and O–H groups in total. The third kappa shape index (κ3) is 4.84. The Morgan fingerprint density at radius 1 is 1.11 bits per heavy atom. The van der Waals surface area contributed by atoms with Crippen LogP contribution in [0.4, 0.5) is 9.52 Å². The van der Waals surface area contributed by atoms with E-state index < -0.39 is 29.5 Å². The Kier molecular flexibility index (Phi) is 7.40. The summed E-state index contributed by atoms with van der Waals surface area (Å²) in [6.45, 7) is 7.48. The number of ether oxygens (including phenoxy) is 2. The number of amides is 1. The largest absolute Gasteiger partial charge is 0.507 e. The molecular weight excluding hydrogens is 499 g/mol. The fourth-order valence-electron chi connectivity index (χ4n) is 4.16. The van der Waals surface area contributed by atoms with Gasteiger partial charge < -0.3 is 14.6 Å². The highest BCUT2D eigenvalue weighted by Gasteiger charge is 2.48. The summed E-state index contributed by atoms with van der Waals surface area (Å²) in [5, 5.41) is 11.4. The molecular formula is C27H25FN2O6S. The molecule has 1 atom stereocenters. The number of thiazole rings is 1. The summed E-state index contributed by atoms with van der Waals surface area (Å²) in [4.78, 5) is 44.7. The average Bonchev–Trinajstić information content (AvgIpc) is 3.36. The van der Waals surface area contributed by atoms with Crippen molar-refractivity contribution in [1.82, 2.24) is 4.98 Å². The fourth-order valence-corrected chi connectivity index (χ4v) is 5.15. The number of aliphatic hydroxyl groups is 1. The Balaban J connectivity index is 1.90. The van der Waals surface area contributed by atoms with Gasteiger partial charge in [0, 0.05) is 5.56 Å². The third-order valence-corrected chi connectivity index (χ3v) is 6.98. The number of hydrogen-bond donors (Lipinski definition) is 1. The number of carbonyl (C=O) groups excluding carboxylic acids is 3. The predicted octanol–water partition coefficient (Wildman–Crippen LogP) is 5.10. The average molecular weight is 525 g/mol. The molecule has 4 rings (SSSR count). The first-order valence-electron chi connectivity index (χ1n) is 11.6. The second-order valence-corrected chi connectivity index (χ2v) is 9.24. The first-order valence-corrected chi connectivity index (χ1v) is 12.4. The van der Waals surface area contributed by atoms with E-state index in [1.54, 1.807) is 39.0 Å². The lowest BCUT2D eigenvalue weighted by atomic mass is 9.94. The molecule has 8 nitrogen and oxygen atoms in total. The van der Waals surface area contributed by atoms with Crippen LogP contribution in [0.25, 0.3) is 5.76 Å². The standard InChI is InChI=1S/C27H25FN2O6S/c1-5-35-18-11-12-19(14(3)13-18)22(31)20-21(16-7-9-17(28)10-8-16)30(25(33)23(20)32)27-29-15(4)24(37-27)26(34)36-6-2/h7-13,21,31H,5-6H2,1-4H3. The number of ketones is 1. The summed E-state index contributed by atoms with van der Waals surface area (Å²) in [5.41, 5.74) is 1.52. The van der Waals surface area contributed by atoms with Gasteiger partial charge in [0.1, 0.15) is 22.2 Å². The number of hydrogen-bond acceptors (Lipinski definition) is 8. The molecule has 1 saturated heterocycles. The van der Waals surface area contributed by atoms with E-state index in [1.807, 2.05) is 6.92 Å². The first-order chi connectivity index (χ1) is 17.7. The molecule has 1 aliphatic heterocycles. The van der Waals surface area contributed by atoms with E-state index in [0.29, 0.717) is 34.7 Å². The zero-order valence-corrected chi connectivity index (χ0v) is 21.5. The van der Waals surface area contributed by atoms with Gasteiger partial charge >= 0.3 is 11.9 Å². The van der Waals surface area contributed by atoms with Gasteiger partial charge in [-0.05, 0) is 69.2 Å². The van der Waals surface area contributed by atoms with Gasteiger partial charge in [0.25, 0.3) is 5.78 Å². The van der Waals surface area contributed by atoms with Crippen LogP contribution in [0.2, 0.25) is 0 Å². The zero-order valence-electron chi connectivity index (χ0n) is 20.7. The maximum absolute atomic E-state index is 13.8. The third-order valence-electron chi connectivity index (χ3n) is 5.85. The molecule has 10 heteroatoms. The lowest BCUT2D eigenvalue weighted by Gasteiger charge is -2.23. The normalized spacial score (nSPS) is 16.8. The highest BCUT2D eigenvalue weighted by Crippen LogP contribution is 2.44. The number of carbonyl (C=O) groups is 3. The number of rotatable bonds is 7. The number of aliphatic hydroxyl groups excluding tert-OH is 1. The molecule has 0 bridgehead atoms. The monoisotopic (exact) mass is 524 g/mol. The van der Waals surface area contributed by atoms with Crippen LogP contribution in [0, 0.1) is 19.7 Å². The second kappa shape index (κ2) is 10.5. The lowest BCUT2D eigenvalue weighted by Crippen LogP contribution is -2.29. The van der Waals surface area contributed by atoms with Crippen LogP contribution in [-0.4, -0.2) is 41.0 Å². The van der Waals surface area contributed by atoms with Crippen molar-refractivity contribution in [2.75, 3.05) is 18.1 Å². The number of Topliss-reactive ketones (excluding diaryl/α,β-unsaturated/α-hetero) is 1. The molecule has 0 aliphatic carbocycles. The quantitative estimate of drug-likeness (QED) is 0.198. The second-order valence-electron chi connectivity index (χ2n) is 8.26. The molecule has 1 aromatic heterocycles. The van der Waals surface area contributed by atoms with Crippen molar-refractivity contribution in [3.8, 4) is 5.75 Å². The summed E-state index contributed by atoms with van der Waals surface area (Å²) in [6, 6.07) is 9.16. The zero-order chi connectivity index (χ0) is 26.9. The minimum Gasteiger partial charge on any atom is -0.507 e. The Hall–Kier alpha value is -4.05. The van der Waals surface area contributed by atoms with E-state index in [0.717, 1.165) is 16.2 Å². The number of anilines is 1. The van der Waals surface area contributed by atoms with Crippen molar-refractivity contribution in [3.05, 3.63) is 81.1 Å². The molecule has 1 unspecified atom stereocenters. The van der Waals surface area contributed by atoms with Crippen molar-refractivity contribution in [2.45, 2.75) is 33.7 Å². The molecule has 2 aromatic carbocycles. The van der Waals surface area contributed by atoms with Gasteiger partial charge in [-0.25, -0.2) is 14.2 Å². The van der Waals surface area contributed by atoms with E-state index in [2.05, 4.69) is 4.98 Å². The molecule has 1 aliphatic rings. The Labute approximate surface area is 217 Å². The van der Waals surface area contributed by atoms with E-state index in [9.17, 15) is 23.9 Å². The number of nitrogens with zero attached hydrogens (tertiary/aromatic N) is 2. The number of halogens is 1. The number of aryl methyl sites for hydroxylation is 2. The SMILES string of the molecule is CCOC(=O)c1sc(N2C(=O)C(=O)C(=C(O)c3ccc(OCC)cc3C)C2c2ccc(F)cc2)nc1C. The van der Waals surface area contributed by atoms with Crippen molar-refractivity contribution in [2.24, 2.45) is 0 Å². The molecule has 2 heterocycles. The molecule has 37 heavy (non-hydrogen) atoms. The lowest BCUT2D eigenvalue weighted by molar-refractivity contribution is -0.132. The smallest absolute Gasteiger partial charge is 0.350 e. The maximum Gasteiger partial charge on any atom is 0.350 e. The highest BCUT2D eigenvalue weighted by atomic mass is 32.1. The van der Waals surface area contributed by atoms with Crippen LogP contribution in [0.15, 0.2) is 48.0 Å². The molecule has 3 aromatic rings. The molecule has 0 saturated carbocycles. The van der Waals surface area contributed by atoms with Gasteiger partial charge in [0.05, 0.1) is 30.5 Å². The summed E-state index contributed by atoms with van der Waals surface area (Å²) in [6.07, 6.45) is 0. The summed E-state index contributed by atoms with van der Waals surface area (Å²) in [5.74, 6) is -2.73. The van der Waals surface area contributed by atoms with Gasteiger partial charge in [-0.3, -0.25) is 14.5 Å².